The van der Waals surface area contributed by atoms with Crippen LogP contribution in [-0.2, 0) is 6.18 Å². The summed E-state index contributed by atoms with van der Waals surface area (Å²) in [6.45, 7) is 3.88. The van der Waals surface area contributed by atoms with Gasteiger partial charge in [0.05, 0.1) is 5.56 Å². The third-order valence-corrected chi connectivity index (χ3v) is 5.05. The molecule has 35 heavy (non-hydrogen) atoms. The number of nitrogens with one attached hydrogen (secondary N) is 3. The monoisotopic (exact) mass is 477 g/mol. The van der Waals surface area contributed by atoms with E-state index >= 15 is 0 Å². The van der Waals surface area contributed by atoms with Crippen LogP contribution in [0.2, 0.25) is 0 Å². The average Bonchev–Trinajstić information content (AvgIpc) is 2.81. The third-order valence-electron chi connectivity index (χ3n) is 5.05. The van der Waals surface area contributed by atoms with Crippen LogP contribution in [0.3, 0.4) is 0 Å². The largest absolute Gasteiger partial charge is 0.416 e. The molecule has 0 aliphatic carbocycles. The number of amides is 1. The SMILES string of the molecule is Cc1ccc(Nc2nc(C)cc(Nc3ccc(NC(=O)c4ccc(C(F)(F)F)cc4)cc3)n2)cc1. The highest BCUT2D eigenvalue weighted by molar-refractivity contribution is 6.04. The molecule has 178 valence electrons. The van der Waals surface area contributed by atoms with E-state index in [2.05, 4.69) is 25.9 Å². The van der Waals surface area contributed by atoms with Crippen molar-refractivity contribution in [3.05, 3.63) is 101 Å². The number of nitrogens with zero attached hydrogens (tertiary/aromatic N) is 2. The first-order valence-electron chi connectivity index (χ1n) is 10.7. The lowest BCUT2D eigenvalue weighted by Gasteiger charge is -2.11. The molecule has 0 aliphatic rings. The Labute approximate surface area is 200 Å². The van der Waals surface area contributed by atoms with Gasteiger partial charge in [-0.25, -0.2) is 4.98 Å². The number of alkyl halides is 3. The Morgan fingerprint density at radius 3 is 1.94 bits per heavy atom. The Morgan fingerprint density at radius 1 is 0.743 bits per heavy atom. The summed E-state index contributed by atoms with van der Waals surface area (Å²) in [5.41, 5.74) is 3.37. The molecule has 0 saturated carbocycles. The first-order valence-corrected chi connectivity index (χ1v) is 10.7. The zero-order valence-electron chi connectivity index (χ0n) is 18.9. The number of carbonyl (C=O) groups excluding carboxylic acids is 1. The molecule has 0 radical (unpaired) electrons. The summed E-state index contributed by atoms with van der Waals surface area (Å²) < 4.78 is 38.1. The molecule has 0 spiro atoms. The number of aromatic nitrogens is 2. The second-order valence-electron chi connectivity index (χ2n) is 7.94. The first-order chi connectivity index (χ1) is 16.7. The second-order valence-corrected chi connectivity index (χ2v) is 7.94. The zero-order valence-corrected chi connectivity index (χ0v) is 18.9. The highest BCUT2D eigenvalue weighted by Crippen LogP contribution is 2.29. The maximum absolute atomic E-state index is 12.7. The van der Waals surface area contributed by atoms with Gasteiger partial charge in [0.2, 0.25) is 5.95 Å². The number of halogens is 3. The van der Waals surface area contributed by atoms with Crippen LogP contribution in [0.4, 0.5) is 42.0 Å². The van der Waals surface area contributed by atoms with Crippen molar-refractivity contribution in [3.8, 4) is 0 Å². The molecule has 1 amide bonds. The van der Waals surface area contributed by atoms with Gasteiger partial charge < -0.3 is 16.0 Å². The Hall–Kier alpha value is -4.40. The molecule has 1 aromatic heterocycles. The summed E-state index contributed by atoms with van der Waals surface area (Å²) in [7, 11) is 0. The van der Waals surface area contributed by atoms with Gasteiger partial charge in [-0.05, 0) is 74.5 Å². The maximum Gasteiger partial charge on any atom is 0.416 e. The van der Waals surface area contributed by atoms with E-state index in [0.29, 0.717) is 17.5 Å². The summed E-state index contributed by atoms with van der Waals surface area (Å²) in [6, 6.07) is 20.6. The fraction of sp³-hybridized carbons (Fsp3) is 0.115. The predicted octanol–water partition coefficient (Wildman–Crippen LogP) is 6.85. The van der Waals surface area contributed by atoms with Gasteiger partial charge in [0, 0.05) is 34.4 Å². The van der Waals surface area contributed by atoms with E-state index in [0.717, 1.165) is 46.9 Å². The van der Waals surface area contributed by atoms with Crippen LogP contribution < -0.4 is 16.0 Å². The minimum Gasteiger partial charge on any atom is -0.340 e. The quantitative estimate of drug-likeness (QED) is 0.283. The first kappa shape index (κ1) is 23.7. The van der Waals surface area contributed by atoms with Crippen LogP contribution in [0, 0.1) is 13.8 Å². The van der Waals surface area contributed by atoms with Crippen LogP contribution >= 0.6 is 0 Å². The molecule has 4 aromatic rings. The Balaban J connectivity index is 1.40. The second kappa shape index (κ2) is 9.84. The molecule has 0 atom stereocenters. The minimum atomic E-state index is -4.45. The van der Waals surface area contributed by atoms with Crippen LogP contribution in [0.5, 0.6) is 0 Å². The van der Waals surface area contributed by atoms with Crippen LogP contribution in [0.15, 0.2) is 78.9 Å². The number of rotatable bonds is 6. The van der Waals surface area contributed by atoms with Crippen molar-refractivity contribution in [2.24, 2.45) is 0 Å². The van der Waals surface area contributed by atoms with E-state index in [4.69, 9.17) is 0 Å². The Morgan fingerprint density at radius 2 is 1.31 bits per heavy atom. The van der Waals surface area contributed by atoms with Crippen molar-refractivity contribution in [1.29, 1.82) is 0 Å². The van der Waals surface area contributed by atoms with Crippen molar-refractivity contribution in [3.63, 3.8) is 0 Å². The van der Waals surface area contributed by atoms with Gasteiger partial charge in [-0.2, -0.15) is 18.2 Å². The summed E-state index contributed by atoms with van der Waals surface area (Å²) in [6.07, 6.45) is -4.45. The van der Waals surface area contributed by atoms with Crippen LogP contribution in [-0.4, -0.2) is 15.9 Å². The van der Waals surface area contributed by atoms with E-state index in [1.807, 2.05) is 38.1 Å². The standard InChI is InChI=1S/C26H22F3N5O/c1-16-3-9-22(10-4-16)33-25-30-17(2)15-23(34-25)31-20-11-13-21(14-12-20)32-24(35)18-5-7-19(8-6-18)26(27,28)29/h3-15H,1-2H3,(H,32,35)(H2,30,31,33,34). The predicted molar refractivity (Wildman–Crippen MR) is 130 cm³/mol. The van der Waals surface area contributed by atoms with Gasteiger partial charge in [-0.1, -0.05) is 17.7 Å². The van der Waals surface area contributed by atoms with E-state index in [1.54, 1.807) is 30.3 Å². The third kappa shape index (κ3) is 6.35. The topological polar surface area (TPSA) is 78.9 Å². The van der Waals surface area contributed by atoms with Gasteiger partial charge in [0.25, 0.3) is 5.91 Å². The van der Waals surface area contributed by atoms with Crippen molar-refractivity contribution >= 4 is 34.7 Å². The lowest BCUT2D eigenvalue weighted by molar-refractivity contribution is -0.137. The van der Waals surface area contributed by atoms with Gasteiger partial charge in [0.1, 0.15) is 5.82 Å². The molecule has 3 aromatic carbocycles. The maximum atomic E-state index is 12.7. The number of benzene rings is 3. The molecule has 0 saturated heterocycles. The Bertz CT molecular complexity index is 1320. The lowest BCUT2D eigenvalue weighted by Crippen LogP contribution is -2.12. The van der Waals surface area contributed by atoms with Crippen molar-refractivity contribution < 1.29 is 18.0 Å². The molecule has 6 nitrogen and oxygen atoms in total. The smallest absolute Gasteiger partial charge is 0.340 e. The molecule has 1 heterocycles. The zero-order chi connectivity index (χ0) is 25.0. The number of carbonyl (C=O) groups is 1. The van der Waals surface area contributed by atoms with Gasteiger partial charge >= 0.3 is 6.18 Å². The van der Waals surface area contributed by atoms with E-state index in [1.165, 1.54) is 0 Å². The van der Waals surface area contributed by atoms with Crippen molar-refractivity contribution in [2.45, 2.75) is 20.0 Å². The normalized spacial score (nSPS) is 11.1. The molecule has 0 bridgehead atoms. The summed E-state index contributed by atoms with van der Waals surface area (Å²) in [5.74, 6) is 0.545. The molecule has 9 heteroatoms. The highest BCUT2D eigenvalue weighted by Gasteiger charge is 2.30. The number of hydrogen-bond donors (Lipinski definition) is 3. The number of anilines is 5. The van der Waals surface area contributed by atoms with Crippen molar-refractivity contribution in [2.75, 3.05) is 16.0 Å². The van der Waals surface area contributed by atoms with E-state index in [-0.39, 0.29) is 5.56 Å². The van der Waals surface area contributed by atoms with Crippen molar-refractivity contribution in [1.82, 2.24) is 9.97 Å². The molecular weight excluding hydrogens is 455 g/mol. The average molecular weight is 477 g/mol. The van der Waals surface area contributed by atoms with Crippen LogP contribution in [0.25, 0.3) is 0 Å². The molecule has 4 rings (SSSR count). The van der Waals surface area contributed by atoms with Gasteiger partial charge in [-0.3, -0.25) is 4.79 Å². The Kier molecular flexibility index (Phi) is 6.68. The molecule has 0 aliphatic heterocycles. The fourth-order valence-corrected chi connectivity index (χ4v) is 3.25. The van der Waals surface area contributed by atoms with E-state index < -0.39 is 17.6 Å². The number of hydrogen-bond acceptors (Lipinski definition) is 5. The molecule has 3 N–H and O–H groups in total. The number of aryl methyl sites for hydroxylation is 2. The molecule has 0 unspecified atom stereocenters. The summed E-state index contributed by atoms with van der Waals surface area (Å²) in [4.78, 5) is 21.3. The minimum absolute atomic E-state index is 0.130. The summed E-state index contributed by atoms with van der Waals surface area (Å²) in [5, 5.41) is 9.06. The van der Waals surface area contributed by atoms with E-state index in [9.17, 15) is 18.0 Å². The van der Waals surface area contributed by atoms with Crippen LogP contribution in [0.1, 0.15) is 27.2 Å². The molecular formula is C26H22F3N5O. The fourth-order valence-electron chi connectivity index (χ4n) is 3.25. The lowest BCUT2D eigenvalue weighted by atomic mass is 10.1. The summed E-state index contributed by atoms with van der Waals surface area (Å²) >= 11 is 0. The van der Waals surface area contributed by atoms with Gasteiger partial charge in [0.15, 0.2) is 0 Å². The molecule has 0 fully saturated rings. The van der Waals surface area contributed by atoms with Gasteiger partial charge in [-0.15, -0.1) is 0 Å². The highest BCUT2D eigenvalue weighted by atomic mass is 19.4.